The normalized spacial score (nSPS) is 10.7. The molecule has 0 aliphatic heterocycles. The molecule has 20 heavy (non-hydrogen) atoms. The Balaban J connectivity index is 1.87. The fraction of sp³-hybridized carbons (Fsp3) is 0.125. The molecule has 0 saturated heterocycles. The topological polar surface area (TPSA) is 55.7 Å². The third-order valence-corrected chi connectivity index (χ3v) is 3.06. The average Bonchev–Trinajstić information content (AvgIpc) is 2.47. The van der Waals surface area contributed by atoms with Crippen molar-refractivity contribution >= 4 is 16.7 Å². The Hall–Kier alpha value is -2.62. The highest BCUT2D eigenvalue weighted by Gasteiger charge is 2.10. The maximum Gasteiger partial charge on any atom is 0.187 e. The van der Waals surface area contributed by atoms with E-state index in [1.807, 2.05) is 36.4 Å². The molecular formula is C16H13N3O. The largest absolute Gasteiger partial charge is 0.292 e. The van der Waals surface area contributed by atoms with Gasteiger partial charge in [-0.3, -0.25) is 9.78 Å². The van der Waals surface area contributed by atoms with Crippen LogP contribution in [0.2, 0.25) is 0 Å². The quantitative estimate of drug-likeness (QED) is 0.682. The molecule has 3 rings (SSSR count). The van der Waals surface area contributed by atoms with Crippen molar-refractivity contribution in [2.75, 3.05) is 0 Å². The Morgan fingerprint density at radius 1 is 1.05 bits per heavy atom. The van der Waals surface area contributed by atoms with Crippen molar-refractivity contribution in [1.29, 1.82) is 0 Å². The van der Waals surface area contributed by atoms with Crippen LogP contribution in [0.4, 0.5) is 0 Å². The van der Waals surface area contributed by atoms with Gasteiger partial charge < -0.3 is 0 Å². The molecule has 0 aliphatic rings. The Morgan fingerprint density at radius 3 is 2.75 bits per heavy atom. The van der Waals surface area contributed by atoms with Gasteiger partial charge in [0.05, 0.1) is 11.9 Å². The standard InChI is InChI=1S/C16H13N3O/c1-11-17-9-8-15(18-11)16(20)10-13-7-6-12-4-2-3-5-14(12)19-13/h2-9H,10H2,1H3. The zero-order valence-electron chi connectivity index (χ0n) is 11.1. The molecule has 0 saturated carbocycles. The molecule has 0 unspecified atom stereocenters. The third kappa shape index (κ3) is 2.54. The summed E-state index contributed by atoms with van der Waals surface area (Å²) in [6.07, 6.45) is 1.85. The number of nitrogens with zero attached hydrogens (tertiary/aromatic N) is 3. The molecule has 0 N–H and O–H groups in total. The summed E-state index contributed by atoms with van der Waals surface area (Å²) in [5.74, 6) is 0.556. The number of Topliss-reactive ketones (excluding diaryl/α,β-unsaturated/α-hetero) is 1. The SMILES string of the molecule is Cc1nccc(C(=O)Cc2ccc3ccccc3n2)n1. The van der Waals surface area contributed by atoms with Gasteiger partial charge in [-0.2, -0.15) is 0 Å². The first-order valence-corrected chi connectivity index (χ1v) is 6.40. The maximum atomic E-state index is 12.2. The molecule has 0 amide bonds. The van der Waals surface area contributed by atoms with E-state index in [0.29, 0.717) is 11.5 Å². The molecule has 0 fully saturated rings. The highest BCUT2D eigenvalue weighted by atomic mass is 16.1. The van der Waals surface area contributed by atoms with Crippen molar-refractivity contribution < 1.29 is 4.79 Å². The van der Waals surface area contributed by atoms with Crippen LogP contribution in [-0.2, 0) is 6.42 Å². The molecule has 0 bridgehead atoms. The number of rotatable bonds is 3. The number of carbonyl (C=O) groups excluding carboxylic acids is 1. The molecule has 0 atom stereocenters. The first-order chi connectivity index (χ1) is 9.72. The van der Waals surface area contributed by atoms with Crippen LogP contribution in [0.15, 0.2) is 48.7 Å². The minimum absolute atomic E-state index is 0.0433. The monoisotopic (exact) mass is 263 g/mol. The number of ketones is 1. The van der Waals surface area contributed by atoms with Gasteiger partial charge in [0.2, 0.25) is 0 Å². The second kappa shape index (κ2) is 5.17. The van der Waals surface area contributed by atoms with Crippen LogP contribution in [0.25, 0.3) is 10.9 Å². The van der Waals surface area contributed by atoms with Crippen LogP contribution in [0.5, 0.6) is 0 Å². The summed E-state index contributed by atoms with van der Waals surface area (Å²) in [4.78, 5) is 24.8. The first-order valence-electron chi connectivity index (χ1n) is 6.40. The summed E-state index contributed by atoms with van der Waals surface area (Å²) in [5, 5.41) is 1.07. The van der Waals surface area contributed by atoms with Gasteiger partial charge >= 0.3 is 0 Å². The molecule has 4 nitrogen and oxygen atoms in total. The maximum absolute atomic E-state index is 12.2. The Bertz CT molecular complexity index is 783. The lowest BCUT2D eigenvalue weighted by Gasteiger charge is -2.03. The van der Waals surface area contributed by atoms with Crippen LogP contribution in [0.1, 0.15) is 22.0 Å². The second-order valence-corrected chi connectivity index (χ2v) is 4.58. The first kappa shape index (κ1) is 12.4. The third-order valence-electron chi connectivity index (χ3n) is 3.06. The van der Waals surface area contributed by atoms with Crippen molar-refractivity contribution in [1.82, 2.24) is 15.0 Å². The molecule has 2 heterocycles. The summed E-state index contributed by atoms with van der Waals surface area (Å²) in [6.45, 7) is 1.77. The molecule has 0 aliphatic carbocycles. The smallest absolute Gasteiger partial charge is 0.187 e. The summed E-state index contributed by atoms with van der Waals surface area (Å²) in [6, 6.07) is 13.4. The molecule has 4 heteroatoms. The van der Waals surface area contributed by atoms with E-state index in [2.05, 4.69) is 15.0 Å². The van der Waals surface area contributed by atoms with Crippen LogP contribution < -0.4 is 0 Å². The van der Waals surface area contributed by atoms with E-state index in [-0.39, 0.29) is 12.2 Å². The minimum atomic E-state index is -0.0433. The lowest BCUT2D eigenvalue weighted by Crippen LogP contribution is -2.08. The summed E-state index contributed by atoms with van der Waals surface area (Å²) < 4.78 is 0. The Labute approximate surface area is 116 Å². The zero-order valence-corrected chi connectivity index (χ0v) is 11.1. The Morgan fingerprint density at radius 2 is 1.90 bits per heavy atom. The molecule has 98 valence electrons. The number of carbonyl (C=O) groups is 1. The van der Waals surface area contributed by atoms with Crippen LogP contribution in [-0.4, -0.2) is 20.7 Å². The fourth-order valence-electron chi connectivity index (χ4n) is 2.07. The number of para-hydroxylation sites is 1. The summed E-state index contributed by atoms with van der Waals surface area (Å²) in [5.41, 5.74) is 2.09. The highest BCUT2D eigenvalue weighted by molar-refractivity contribution is 5.95. The van der Waals surface area contributed by atoms with Crippen LogP contribution in [0.3, 0.4) is 0 Å². The summed E-state index contributed by atoms with van der Waals surface area (Å²) in [7, 11) is 0. The number of benzene rings is 1. The highest BCUT2D eigenvalue weighted by Crippen LogP contribution is 2.13. The van der Waals surface area contributed by atoms with Gasteiger partial charge in [0.25, 0.3) is 0 Å². The lowest BCUT2D eigenvalue weighted by molar-refractivity contribution is 0.0987. The van der Waals surface area contributed by atoms with E-state index in [1.165, 1.54) is 0 Å². The van der Waals surface area contributed by atoms with Gasteiger partial charge in [-0.15, -0.1) is 0 Å². The van der Waals surface area contributed by atoms with E-state index in [9.17, 15) is 4.79 Å². The van der Waals surface area contributed by atoms with Crippen molar-refractivity contribution in [3.8, 4) is 0 Å². The zero-order chi connectivity index (χ0) is 13.9. The molecule has 0 spiro atoms. The fourth-order valence-corrected chi connectivity index (χ4v) is 2.07. The minimum Gasteiger partial charge on any atom is -0.292 e. The predicted molar refractivity (Wildman–Crippen MR) is 76.5 cm³/mol. The Kier molecular flexibility index (Phi) is 3.21. The van der Waals surface area contributed by atoms with Gasteiger partial charge in [-0.1, -0.05) is 24.3 Å². The summed E-state index contributed by atoms with van der Waals surface area (Å²) >= 11 is 0. The second-order valence-electron chi connectivity index (χ2n) is 4.58. The number of aryl methyl sites for hydroxylation is 1. The van der Waals surface area contributed by atoms with Crippen molar-refractivity contribution in [2.24, 2.45) is 0 Å². The van der Waals surface area contributed by atoms with E-state index in [4.69, 9.17) is 0 Å². The predicted octanol–water partition coefficient (Wildman–Crippen LogP) is 2.76. The molecule has 0 radical (unpaired) electrons. The van der Waals surface area contributed by atoms with Gasteiger partial charge in [0, 0.05) is 17.3 Å². The van der Waals surface area contributed by atoms with E-state index in [0.717, 1.165) is 16.6 Å². The van der Waals surface area contributed by atoms with Crippen molar-refractivity contribution in [3.05, 3.63) is 65.9 Å². The van der Waals surface area contributed by atoms with Gasteiger partial charge in [-0.25, -0.2) is 9.97 Å². The van der Waals surface area contributed by atoms with E-state index in [1.54, 1.807) is 19.2 Å². The molecular weight excluding hydrogens is 250 g/mol. The van der Waals surface area contributed by atoms with Gasteiger partial charge in [0.15, 0.2) is 5.78 Å². The number of pyridine rings is 1. The van der Waals surface area contributed by atoms with E-state index < -0.39 is 0 Å². The molecule has 2 aromatic heterocycles. The average molecular weight is 263 g/mol. The number of fused-ring (bicyclic) bond motifs is 1. The number of hydrogen-bond acceptors (Lipinski definition) is 4. The number of aromatic nitrogens is 3. The van der Waals surface area contributed by atoms with Gasteiger partial charge in [0.1, 0.15) is 11.5 Å². The molecule has 1 aromatic carbocycles. The van der Waals surface area contributed by atoms with Crippen LogP contribution in [0, 0.1) is 6.92 Å². The van der Waals surface area contributed by atoms with E-state index >= 15 is 0 Å². The lowest BCUT2D eigenvalue weighted by atomic mass is 10.1. The van der Waals surface area contributed by atoms with Crippen molar-refractivity contribution in [3.63, 3.8) is 0 Å². The van der Waals surface area contributed by atoms with Gasteiger partial charge in [-0.05, 0) is 25.1 Å². The van der Waals surface area contributed by atoms with Crippen LogP contribution >= 0.6 is 0 Å². The van der Waals surface area contributed by atoms with Crippen molar-refractivity contribution in [2.45, 2.75) is 13.3 Å². The molecule has 3 aromatic rings. The number of hydrogen-bond donors (Lipinski definition) is 0.